The molecule has 1 N–H and O–H groups in total. The Balaban J connectivity index is 1.71. The number of aliphatic hydroxyl groups is 1. The van der Waals surface area contributed by atoms with Crippen molar-refractivity contribution in [3.05, 3.63) is 65.4 Å². The van der Waals surface area contributed by atoms with Gasteiger partial charge >= 0.3 is 0 Å². The Labute approximate surface area is 221 Å². The van der Waals surface area contributed by atoms with Gasteiger partial charge in [-0.2, -0.15) is 0 Å². The highest BCUT2D eigenvalue weighted by Gasteiger charge is 2.33. The lowest BCUT2D eigenvalue weighted by molar-refractivity contribution is 0.0546. The van der Waals surface area contributed by atoms with Crippen molar-refractivity contribution >= 4 is 21.9 Å². The van der Waals surface area contributed by atoms with Crippen LogP contribution < -0.4 is 0 Å². The van der Waals surface area contributed by atoms with Gasteiger partial charge in [0.2, 0.25) is 0 Å². The fourth-order valence-corrected chi connectivity index (χ4v) is 5.77. The molecule has 0 bridgehead atoms. The van der Waals surface area contributed by atoms with Crippen molar-refractivity contribution in [1.82, 2.24) is 34.5 Å². The maximum atomic E-state index is 10.9. The normalized spacial score (nSPS) is 15.9. The zero-order valence-corrected chi connectivity index (χ0v) is 22.5. The molecular weight excluding hydrogens is 478 g/mol. The van der Waals surface area contributed by atoms with Gasteiger partial charge in [0, 0.05) is 49.8 Å². The van der Waals surface area contributed by atoms with Gasteiger partial charge in [-0.25, -0.2) is 4.68 Å². The van der Waals surface area contributed by atoms with E-state index in [-0.39, 0.29) is 6.04 Å². The summed E-state index contributed by atoms with van der Waals surface area (Å²) in [6.07, 6.45) is 7.41. The third kappa shape index (κ3) is 4.06. The lowest BCUT2D eigenvalue weighted by Gasteiger charge is -2.33. The van der Waals surface area contributed by atoms with E-state index in [1.54, 1.807) is 24.7 Å². The Morgan fingerprint density at radius 3 is 2.53 bits per heavy atom. The van der Waals surface area contributed by atoms with Crippen LogP contribution in [0.15, 0.2) is 42.9 Å². The van der Waals surface area contributed by atoms with Crippen molar-refractivity contribution in [2.24, 2.45) is 13.0 Å². The average molecular weight is 512 g/mol. The first-order valence-electron chi connectivity index (χ1n) is 13.1. The lowest BCUT2D eigenvalue weighted by Crippen LogP contribution is -2.28. The molecule has 0 spiro atoms. The standard InChI is InChI=1S/C29H33N7O2/c1-17-7-6-10-30-25(17)28(19-8-11-38-12-9-19)36-23-14-22(27-18(2)33-34-35(27)5)31-16-21(23)26-24(36)13-20(15-32-26)29(3,4)37/h6-7,10,13-16,19,28,37H,8-9,11-12H2,1-5H3. The van der Waals surface area contributed by atoms with Crippen LogP contribution in [-0.4, -0.2) is 52.8 Å². The summed E-state index contributed by atoms with van der Waals surface area (Å²) < 4.78 is 9.91. The SMILES string of the molecule is Cc1cccnc1C(C1CCOCC1)n1c2cc(-c3c(C)nnn3C)ncc2c2ncc(C(C)(C)O)cc21. The number of rotatable bonds is 5. The van der Waals surface area contributed by atoms with Gasteiger partial charge < -0.3 is 14.4 Å². The van der Waals surface area contributed by atoms with Crippen molar-refractivity contribution in [1.29, 1.82) is 0 Å². The molecule has 6 heterocycles. The molecule has 5 aromatic rings. The van der Waals surface area contributed by atoms with Gasteiger partial charge in [0.15, 0.2) is 0 Å². The molecular formula is C29H33N7O2. The zero-order valence-electron chi connectivity index (χ0n) is 22.5. The molecule has 1 fully saturated rings. The Bertz CT molecular complexity index is 1620. The Kier molecular flexibility index (Phi) is 6.00. The van der Waals surface area contributed by atoms with Gasteiger partial charge in [-0.15, -0.1) is 5.10 Å². The van der Waals surface area contributed by atoms with Crippen LogP contribution in [0.5, 0.6) is 0 Å². The van der Waals surface area contributed by atoms with Crippen molar-refractivity contribution in [3.8, 4) is 11.4 Å². The number of aryl methyl sites for hydroxylation is 3. The van der Waals surface area contributed by atoms with Gasteiger partial charge in [-0.05, 0) is 70.2 Å². The molecule has 196 valence electrons. The van der Waals surface area contributed by atoms with E-state index in [1.165, 1.54) is 0 Å². The molecule has 1 aliphatic rings. The van der Waals surface area contributed by atoms with E-state index in [4.69, 9.17) is 19.7 Å². The van der Waals surface area contributed by atoms with Gasteiger partial charge in [0.25, 0.3) is 0 Å². The molecule has 9 nitrogen and oxygen atoms in total. The quantitative estimate of drug-likeness (QED) is 0.367. The smallest absolute Gasteiger partial charge is 0.110 e. The summed E-state index contributed by atoms with van der Waals surface area (Å²) in [4.78, 5) is 14.6. The van der Waals surface area contributed by atoms with Gasteiger partial charge in [-0.1, -0.05) is 11.3 Å². The summed E-state index contributed by atoms with van der Waals surface area (Å²) in [5.74, 6) is 0.318. The largest absolute Gasteiger partial charge is 0.386 e. The summed E-state index contributed by atoms with van der Waals surface area (Å²) in [5.41, 5.74) is 7.27. The first-order valence-corrected chi connectivity index (χ1v) is 13.1. The molecule has 0 radical (unpaired) electrons. The van der Waals surface area contributed by atoms with Crippen molar-refractivity contribution in [2.45, 2.75) is 52.2 Å². The van der Waals surface area contributed by atoms with Crippen LogP contribution in [0, 0.1) is 19.8 Å². The topological polar surface area (TPSA) is 104 Å². The minimum atomic E-state index is -1.03. The van der Waals surface area contributed by atoms with Gasteiger partial charge in [-0.3, -0.25) is 15.0 Å². The summed E-state index contributed by atoms with van der Waals surface area (Å²) in [7, 11) is 1.88. The molecule has 0 aliphatic carbocycles. The van der Waals surface area contributed by atoms with E-state index in [9.17, 15) is 5.11 Å². The molecule has 6 rings (SSSR count). The first-order chi connectivity index (χ1) is 18.2. The van der Waals surface area contributed by atoms with Crippen LogP contribution in [-0.2, 0) is 17.4 Å². The number of fused-ring (bicyclic) bond motifs is 3. The monoisotopic (exact) mass is 511 g/mol. The molecule has 1 unspecified atom stereocenters. The summed E-state index contributed by atoms with van der Waals surface area (Å²) in [5, 5.41) is 20.3. The highest BCUT2D eigenvalue weighted by molar-refractivity contribution is 6.06. The van der Waals surface area contributed by atoms with E-state index < -0.39 is 5.60 Å². The fraction of sp³-hybridized carbons (Fsp3) is 0.414. The van der Waals surface area contributed by atoms with Crippen LogP contribution >= 0.6 is 0 Å². The van der Waals surface area contributed by atoms with Crippen molar-refractivity contribution in [2.75, 3.05) is 13.2 Å². The average Bonchev–Trinajstić information content (AvgIpc) is 3.41. The minimum Gasteiger partial charge on any atom is -0.386 e. The maximum Gasteiger partial charge on any atom is 0.110 e. The van der Waals surface area contributed by atoms with Crippen LogP contribution in [0.4, 0.5) is 0 Å². The number of hydrogen-bond donors (Lipinski definition) is 1. The highest BCUT2D eigenvalue weighted by atomic mass is 16.5. The third-order valence-corrected chi connectivity index (χ3v) is 7.79. The van der Waals surface area contributed by atoms with E-state index in [1.807, 2.05) is 32.4 Å². The predicted octanol–water partition coefficient (Wildman–Crippen LogP) is 4.64. The Morgan fingerprint density at radius 2 is 1.84 bits per heavy atom. The summed E-state index contributed by atoms with van der Waals surface area (Å²) in [6, 6.07) is 8.27. The van der Waals surface area contributed by atoms with E-state index >= 15 is 0 Å². The fourth-order valence-electron chi connectivity index (χ4n) is 5.77. The molecule has 0 amide bonds. The second-order valence-corrected chi connectivity index (χ2v) is 10.9. The van der Waals surface area contributed by atoms with Crippen LogP contribution in [0.2, 0.25) is 0 Å². The Morgan fingerprint density at radius 1 is 1.05 bits per heavy atom. The second kappa shape index (κ2) is 9.25. The van der Waals surface area contributed by atoms with Crippen LogP contribution in [0.25, 0.3) is 33.3 Å². The third-order valence-electron chi connectivity index (χ3n) is 7.79. The van der Waals surface area contributed by atoms with E-state index in [2.05, 4.69) is 40.0 Å². The number of nitrogens with zero attached hydrogens (tertiary/aromatic N) is 7. The number of aromatic nitrogens is 7. The van der Waals surface area contributed by atoms with Gasteiger partial charge in [0.1, 0.15) is 5.69 Å². The van der Waals surface area contributed by atoms with E-state index in [0.717, 1.165) is 81.9 Å². The minimum absolute atomic E-state index is 0.0417. The molecule has 1 atom stereocenters. The van der Waals surface area contributed by atoms with Crippen LogP contribution in [0.3, 0.4) is 0 Å². The zero-order chi connectivity index (χ0) is 26.6. The Hall–Kier alpha value is -3.69. The maximum absolute atomic E-state index is 10.9. The number of hydrogen-bond acceptors (Lipinski definition) is 7. The summed E-state index contributed by atoms with van der Waals surface area (Å²) >= 11 is 0. The van der Waals surface area contributed by atoms with Crippen molar-refractivity contribution < 1.29 is 9.84 Å². The predicted molar refractivity (Wildman–Crippen MR) is 146 cm³/mol. The van der Waals surface area contributed by atoms with Gasteiger partial charge in [0.05, 0.1) is 45.3 Å². The molecule has 0 aromatic carbocycles. The molecule has 1 saturated heterocycles. The molecule has 38 heavy (non-hydrogen) atoms. The molecule has 0 saturated carbocycles. The lowest BCUT2D eigenvalue weighted by atomic mass is 9.87. The first kappa shape index (κ1) is 24.6. The van der Waals surface area contributed by atoms with Crippen LogP contribution in [0.1, 0.15) is 55.2 Å². The second-order valence-electron chi connectivity index (χ2n) is 10.9. The number of ether oxygens (including phenoxy) is 1. The highest BCUT2D eigenvalue weighted by Crippen LogP contribution is 2.41. The van der Waals surface area contributed by atoms with E-state index in [0.29, 0.717) is 5.92 Å². The molecule has 9 heteroatoms. The molecule has 5 aromatic heterocycles. The number of pyridine rings is 3. The van der Waals surface area contributed by atoms with Crippen molar-refractivity contribution in [3.63, 3.8) is 0 Å². The molecule has 1 aliphatic heterocycles. The summed E-state index contributed by atoms with van der Waals surface area (Å²) in [6.45, 7) is 9.11.